The molecule has 4 aromatic rings. The largest absolute Gasteiger partial charge is 0.497 e. The Kier molecular flexibility index (Phi) is 10.4. The average Bonchev–Trinajstić information content (AvgIpc) is 3.17. The Morgan fingerprint density at radius 2 is 1.48 bits per heavy atom. The average molecular weight is 560 g/mol. The highest BCUT2D eigenvalue weighted by Gasteiger charge is 2.19. The summed E-state index contributed by atoms with van der Waals surface area (Å²) < 4.78 is 5.27. The van der Waals surface area contributed by atoms with Gasteiger partial charge in [0.2, 0.25) is 0 Å². The first kappa shape index (κ1) is 29.6. The molecule has 3 aromatic carbocycles. The van der Waals surface area contributed by atoms with Crippen LogP contribution in [0.1, 0.15) is 87.8 Å². The zero-order valence-corrected chi connectivity index (χ0v) is 25.5. The number of hydrogen-bond acceptors (Lipinski definition) is 4. The number of rotatable bonds is 9. The monoisotopic (exact) mass is 559 g/mol. The maximum atomic E-state index is 5.49. The van der Waals surface area contributed by atoms with E-state index in [4.69, 9.17) is 14.7 Å². The van der Waals surface area contributed by atoms with Crippen LogP contribution in [0.15, 0.2) is 77.8 Å². The Balaban J connectivity index is 1.44. The van der Waals surface area contributed by atoms with E-state index in [9.17, 15) is 0 Å². The highest BCUT2D eigenvalue weighted by molar-refractivity contribution is 5.96. The lowest BCUT2D eigenvalue weighted by Crippen LogP contribution is -2.15. The molecule has 0 saturated heterocycles. The van der Waals surface area contributed by atoms with E-state index < -0.39 is 0 Å². The van der Waals surface area contributed by atoms with Gasteiger partial charge in [0.15, 0.2) is 5.82 Å². The summed E-state index contributed by atoms with van der Waals surface area (Å²) in [4.78, 5) is 10.6. The van der Waals surface area contributed by atoms with Crippen LogP contribution in [-0.4, -0.2) is 17.8 Å². The van der Waals surface area contributed by atoms with Gasteiger partial charge in [-0.05, 0) is 79.1 Å². The van der Waals surface area contributed by atoms with Crippen molar-refractivity contribution in [2.45, 2.75) is 78.1 Å². The Morgan fingerprint density at radius 1 is 0.857 bits per heavy atom. The van der Waals surface area contributed by atoms with Crippen LogP contribution in [0.2, 0.25) is 0 Å². The number of ether oxygens (including phenoxy) is 1. The van der Waals surface area contributed by atoms with Crippen LogP contribution in [0.25, 0.3) is 23.1 Å². The minimum absolute atomic E-state index is 0.568. The van der Waals surface area contributed by atoms with Gasteiger partial charge in [0.1, 0.15) is 11.4 Å². The number of anilines is 2. The summed E-state index contributed by atoms with van der Waals surface area (Å²) in [5.74, 6) is 2.27. The molecular formula is C38H45N3O. The van der Waals surface area contributed by atoms with Crippen LogP contribution < -0.4 is 10.1 Å². The fraction of sp³-hybridized carbons (Fsp3) is 0.368. The molecular weight excluding hydrogens is 514 g/mol. The van der Waals surface area contributed by atoms with E-state index in [1.807, 2.05) is 12.1 Å². The topological polar surface area (TPSA) is 46.5 Å². The zero-order chi connectivity index (χ0) is 29.1. The van der Waals surface area contributed by atoms with Crippen LogP contribution in [0.3, 0.4) is 0 Å². The van der Waals surface area contributed by atoms with Crippen molar-refractivity contribution in [1.29, 1.82) is 0 Å². The van der Waals surface area contributed by atoms with E-state index in [1.54, 1.807) is 7.11 Å². The van der Waals surface area contributed by atoms with Crippen molar-refractivity contribution in [3.05, 3.63) is 89.5 Å². The molecule has 0 bridgehead atoms. The van der Waals surface area contributed by atoms with Crippen molar-refractivity contribution in [3.63, 3.8) is 0 Å². The molecule has 1 saturated carbocycles. The zero-order valence-electron chi connectivity index (χ0n) is 25.5. The van der Waals surface area contributed by atoms with Crippen LogP contribution >= 0.6 is 0 Å². The van der Waals surface area contributed by atoms with Crippen molar-refractivity contribution in [2.24, 2.45) is 10.9 Å². The van der Waals surface area contributed by atoms with Crippen molar-refractivity contribution >= 4 is 46.0 Å². The number of nitrogens with one attached hydrogen (secondary N) is 1. The number of pyridine rings is 1. The van der Waals surface area contributed by atoms with Gasteiger partial charge in [-0.2, -0.15) is 0 Å². The van der Waals surface area contributed by atoms with Gasteiger partial charge in [-0.1, -0.05) is 106 Å². The molecule has 0 spiro atoms. The van der Waals surface area contributed by atoms with Crippen LogP contribution in [-0.2, 0) is 0 Å². The third-order valence-corrected chi connectivity index (χ3v) is 8.47. The standard InChI is InChI=1S/C38H45N3O/c1-4-13-35(31-14-9-7-5-6-8-10-15-31)40-37-28(2)34-16-11-12-17-36(34)41-38(37)39-32-24-20-29(21-25-32)18-19-30-22-26-33(42-3)27-23-30/h11-12,16-27,31H,4-10,13-15H2,1-3H3,(H,39,41)/b19-18+,40-35+. The molecule has 1 aliphatic rings. The summed E-state index contributed by atoms with van der Waals surface area (Å²) in [6, 6.07) is 25.0. The second-order valence-corrected chi connectivity index (χ2v) is 11.6. The fourth-order valence-corrected chi connectivity index (χ4v) is 6.03. The minimum Gasteiger partial charge on any atom is -0.497 e. The van der Waals surface area contributed by atoms with Crippen molar-refractivity contribution in [3.8, 4) is 5.75 Å². The Hall–Kier alpha value is -3.92. The second-order valence-electron chi connectivity index (χ2n) is 11.6. The van der Waals surface area contributed by atoms with Gasteiger partial charge in [-0.3, -0.25) is 4.99 Å². The van der Waals surface area contributed by atoms with Gasteiger partial charge >= 0.3 is 0 Å². The van der Waals surface area contributed by atoms with Crippen molar-refractivity contribution in [2.75, 3.05) is 12.4 Å². The number of aliphatic imine (C=N–C) groups is 1. The van der Waals surface area contributed by atoms with Crippen LogP contribution in [0.4, 0.5) is 17.2 Å². The third kappa shape index (κ3) is 7.67. The van der Waals surface area contributed by atoms with E-state index in [0.717, 1.165) is 52.4 Å². The number of aryl methyl sites for hydroxylation is 1. The number of benzene rings is 3. The molecule has 0 unspecified atom stereocenters. The summed E-state index contributed by atoms with van der Waals surface area (Å²) in [6.07, 6.45) is 17.0. The molecule has 1 aliphatic carbocycles. The molecule has 0 atom stereocenters. The Bertz CT molecular complexity index is 1490. The number of fused-ring (bicyclic) bond motifs is 1. The van der Waals surface area contributed by atoms with Gasteiger partial charge in [-0.25, -0.2) is 4.98 Å². The SMILES string of the molecule is CCC/C(=N\c1c(Nc2ccc(/C=C/c3ccc(OC)cc3)cc2)nc2ccccc2c1C)C1CCCCCCCC1. The number of para-hydroxylation sites is 1. The van der Waals surface area contributed by atoms with Crippen molar-refractivity contribution in [1.82, 2.24) is 4.98 Å². The molecule has 4 nitrogen and oxygen atoms in total. The quantitative estimate of drug-likeness (QED) is 0.164. The van der Waals surface area contributed by atoms with Crippen molar-refractivity contribution < 1.29 is 4.74 Å². The maximum Gasteiger partial charge on any atom is 0.157 e. The van der Waals surface area contributed by atoms with E-state index in [-0.39, 0.29) is 0 Å². The molecule has 1 N–H and O–H groups in total. The first-order chi connectivity index (χ1) is 20.6. The molecule has 1 heterocycles. The number of nitrogens with zero attached hydrogens (tertiary/aromatic N) is 2. The highest BCUT2D eigenvalue weighted by Crippen LogP contribution is 2.37. The molecule has 42 heavy (non-hydrogen) atoms. The predicted molar refractivity (Wildman–Crippen MR) is 181 cm³/mol. The molecule has 4 heteroatoms. The lowest BCUT2D eigenvalue weighted by Gasteiger charge is -2.21. The predicted octanol–water partition coefficient (Wildman–Crippen LogP) is 11.1. The lowest BCUT2D eigenvalue weighted by atomic mass is 9.89. The lowest BCUT2D eigenvalue weighted by molar-refractivity contribution is 0.415. The summed E-state index contributed by atoms with van der Waals surface area (Å²) >= 11 is 0. The molecule has 0 radical (unpaired) electrons. The molecule has 1 aromatic heterocycles. The van der Waals surface area contributed by atoms with E-state index in [0.29, 0.717) is 5.92 Å². The van der Waals surface area contributed by atoms with E-state index in [2.05, 4.69) is 92.0 Å². The third-order valence-electron chi connectivity index (χ3n) is 8.47. The smallest absolute Gasteiger partial charge is 0.157 e. The van der Waals surface area contributed by atoms with Gasteiger partial charge < -0.3 is 10.1 Å². The fourth-order valence-electron chi connectivity index (χ4n) is 6.03. The summed E-state index contributed by atoms with van der Waals surface area (Å²) in [7, 11) is 1.69. The van der Waals surface area contributed by atoms with Gasteiger partial charge in [0.05, 0.1) is 12.6 Å². The highest BCUT2D eigenvalue weighted by atomic mass is 16.5. The summed E-state index contributed by atoms with van der Waals surface area (Å²) in [5.41, 5.74) is 7.83. The molecule has 5 rings (SSSR count). The first-order valence-corrected chi connectivity index (χ1v) is 15.8. The molecule has 218 valence electrons. The normalized spacial score (nSPS) is 15.4. The summed E-state index contributed by atoms with van der Waals surface area (Å²) in [5, 5.41) is 4.82. The molecule has 0 amide bonds. The minimum atomic E-state index is 0.568. The Labute approximate surface area is 252 Å². The van der Waals surface area contributed by atoms with Gasteiger partial charge in [-0.15, -0.1) is 0 Å². The maximum absolute atomic E-state index is 5.49. The van der Waals surface area contributed by atoms with Crippen LogP contribution in [0.5, 0.6) is 5.75 Å². The van der Waals surface area contributed by atoms with E-state index in [1.165, 1.54) is 68.0 Å². The second kappa shape index (κ2) is 14.8. The molecule has 0 aliphatic heterocycles. The van der Waals surface area contributed by atoms with Gasteiger partial charge in [0.25, 0.3) is 0 Å². The van der Waals surface area contributed by atoms with E-state index >= 15 is 0 Å². The number of methoxy groups -OCH3 is 1. The van der Waals surface area contributed by atoms with Gasteiger partial charge in [0, 0.05) is 16.8 Å². The number of hydrogen-bond donors (Lipinski definition) is 1. The van der Waals surface area contributed by atoms with Crippen LogP contribution in [0, 0.1) is 12.8 Å². The summed E-state index contributed by atoms with van der Waals surface area (Å²) in [6.45, 7) is 4.48. The first-order valence-electron chi connectivity index (χ1n) is 15.8. The number of aromatic nitrogens is 1. The Morgan fingerprint density at radius 3 is 2.12 bits per heavy atom. The molecule has 1 fully saturated rings.